The Kier molecular flexibility index (Phi) is 11.6. The van der Waals surface area contributed by atoms with Crippen LogP contribution >= 0.6 is 0 Å². The molecule has 6 rings (SSSR count). The van der Waals surface area contributed by atoms with Crippen LogP contribution in [0.2, 0.25) is 0 Å². The Balaban J connectivity index is 1.50. The van der Waals surface area contributed by atoms with Crippen molar-refractivity contribution in [2.24, 2.45) is 0 Å². The summed E-state index contributed by atoms with van der Waals surface area (Å²) in [7, 11) is 0. The molecule has 3 nitrogen and oxygen atoms in total. The Labute approximate surface area is 339 Å². The van der Waals surface area contributed by atoms with Gasteiger partial charge in [-0.2, -0.15) is 0 Å². The molecule has 2 aromatic heterocycles. The molecule has 0 aliphatic heterocycles. The number of hydrogen-bond acceptors (Lipinski definition) is 3. The Morgan fingerprint density at radius 1 is 0.509 bits per heavy atom. The van der Waals surface area contributed by atoms with E-state index in [0.29, 0.717) is 5.92 Å². The van der Waals surface area contributed by atoms with E-state index in [4.69, 9.17) is 14.7 Å². The molecule has 0 amide bonds. The summed E-state index contributed by atoms with van der Waals surface area (Å²) in [6.45, 7) is 31.7. The van der Waals surface area contributed by atoms with Crippen LogP contribution < -0.4 is 14.6 Å². The van der Waals surface area contributed by atoms with E-state index in [-0.39, 0.29) is 10.8 Å². The fourth-order valence-corrected chi connectivity index (χ4v) is 18.9. The van der Waals surface area contributed by atoms with E-state index in [9.17, 15) is 0 Å². The molecule has 0 spiro atoms. The van der Waals surface area contributed by atoms with Crippen LogP contribution in [0.4, 0.5) is 0 Å². The average Bonchev–Trinajstić information content (AvgIpc) is 3.09. The van der Waals surface area contributed by atoms with E-state index in [1.807, 2.05) is 12.4 Å². The third-order valence-corrected chi connectivity index (χ3v) is 22.6. The number of pyridine rings is 2. The summed E-state index contributed by atoms with van der Waals surface area (Å²) in [4.78, 5) is 9.86. The molecular formula is C51H59BiN2O. The van der Waals surface area contributed by atoms with E-state index in [1.54, 1.807) is 6.54 Å². The van der Waals surface area contributed by atoms with Gasteiger partial charge in [-0.15, -0.1) is 0 Å². The summed E-state index contributed by atoms with van der Waals surface area (Å²) in [5.41, 5.74) is 15.9. The first-order valence-corrected chi connectivity index (χ1v) is 24.9. The molecule has 0 bridgehead atoms. The fourth-order valence-electron chi connectivity index (χ4n) is 7.71. The minimum atomic E-state index is -2.84. The molecule has 4 heteroatoms. The van der Waals surface area contributed by atoms with Gasteiger partial charge in [0.15, 0.2) is 0 Å². The second-order valence-electron chi connectivity index (χ2n) is 18.0. The molecule has 6 aromatic rings. The van der Waals surface area contributed by atoms with Crippen molar-refractivity contribution in [2.75, 3.05) is 0 Å². The molecule has 284 valence electrons. The Morgan fingerprint density at radius 3 is 1.35 bits per heavy atom. The first kappa shape index (κ1) is 40.5. The van der Waals surface area contributed by atoms with E-state index < -0.39 is 21.8 Å². The number of rotatable bonds is 8. The van der Waals surface area contributed by atoms with Crippen LogP contribution in [0.15, 0.2) is 97.3 Å². The van der Waals surface area contributed by atoms with Crippen LogP contribution in [-0.2, 0) is 10.8 Å². The zero-order valence-electron chi connectivity index (χ0n) is 35.6. The van der Waals surface area contributed by atoms with E-state index in [2.05, 4.69) is 182 Å². The fraction of sp³-hybridized carbons (Fsp3) is 0.333. The van der Waals surface area contributed by atoms with Crippen molar-refractivity contribution in [1.82, 2.24) is 9.97 Å². The second kappa shape index (κ2) is 15.8. The SMILES string of the molecule is Cc1cc(C)[c]([Bi]([c]2ccnc(-c3cc(Oc4cc(-c5cc(C(C)C)ccn5)cc(C(C)(C)C)c4)cc(C(C)(C)C)c3)c2)[c]2c(C)cc(C)cc2C)c(C)c1. The van der Waals surface area contributed by atoms with Crippen molar-refractivity contribution >= 4 is 31.6 Å². The molecule has 55 heavy (non-hydrogen) atoms. The maximum atomic E-state index is 6.91. The molecule has 0 atom stereocenters. The predicted molar refractivity (Wildman–Crippen MR) is 237 cm³/mol. The summed E-state index contributed by atoms with van der Waals surface area (Å²) < 4.78 is 11.5. The summed E-state index contributed by atoms with van der Waals surface area (Å²) in [6.07, 6.45) is 3.96. The Morgan fingerprint density at radius 2 is 0.927 bits per heavy atom. The average molecular weight is 925 g/mol. The normalized spacial score (nSPS) is 12.1. The van der Waals surface area contributed by atoms with Crippen molar-refractivity contribution in [1.29, 1.82) is 0 Å². The molecule has 0 saturated heterocycles. The molecule has 0 fully saturated rings. The zero-order chi connectivity index (χ0) is 40.0. The van der Waals surface area contributed by atoms with Gasteiger partial charge in [0, 0.05) is 6.20 Å². The molecule has 0 radical (unpaired) electrons. The van der Waals surface area contributed by atoms with Gasteiger partial charge in [-0.3, -0.25) is 0 Å². The molecule has 4 aromatic carbocycles. The second-order valence-corrected chi connectivity index (χ2v) is 26.0. The van der Waals surface area contributed by atoms with Gasteiger partial charge < -0.3 is 0 Å². The first-order chi connectivity index (χ1) is 25.8. The number of aromatic nitrogens is 2. The van der Waals surface area contributed by atoms with Crippen LogP contribution in [0.25, 0.3) is 22.5 Å². The van der Waals surface area contributed by atoms with Crippen molar-refractivity contribution in [3.8, 4) is 34.0 Å². The quantitative estimate of drug-likeness (QED) is 0.143. The van der Waals surface area contributed by atoms with Gasteiger partial charge in [0.1, 0.15) is 0 Å². The molecule has 0 unspecified atom stereocenters. The molecule has 2 heterocycles. The van der Waals surface area contributed by atoms with Gasteiger partial charge in [0.25, 0.3) is 0 Å². The van der Waals surface area contributed by atoms with E-state index >= 15 is 0 Å². The molecule has 0 aliphatic carbocycles. The topological polar surface area (TPSA) is 35.0 Å². The van der Waals surface area contributed by atoms with Crippen molar-refractivity contribution < 1.29 is 4.74 Å². The summed E-state index contributed by atoms with van der Waals surface area (Å²) >= 11 is -2.84. The summed E-state index contributed by atoms with van der Waals surface area (Å²) in [5.74, 6) is 2.04. The van der Waals surface area contributed by atoms with Crippen LogP contribution in [0.5, 0.6) is 11.5 Å². The van der Waals surface area contributed by atoms with E-state index in [0.717, 1.165) is 34.0 Å². The van der Waals surface area contributed by atoms with Gasteiger partial charge >= 0.3 is 304 Å². The monoisotopic (exact) mass is 924 g/mol. The molecule has 0 N–H and O–H groups in total. The first-order valence-electron chi connectivity index (χ1n) is 19.7. The van der Waals surface area contributed by atoms with Crippen LogP contribution in [-0.4, -0.2) is 31.7 Å². The van der Waals surface area contributed by atoms with Gasteiger partial charge in [-0.1, -0.05) is 13.8 Å². The number of hydrogen-bond donors (Lipinski definition) is 0. The Bertz CT molecular complexity index is 2270. The zero-order valence-corrected chi connectivity index (χ0v) is 39.0. The number of benzene rings is 4. The third-order valence-electron chi connectivity index (χ3n) is 10.5. The van der Waals surface area contributed by atoms with Gasteiger partial charge in [0.2, 0.25) is 0 Å². The maximum absolute atomic E-state index is 6.91. The summed E-state index contributed by atoms with van der Waals surface area (Å²) in [5, 5.41) is 0. The number of ether oxygens (including phenoxy) is 1. The predicted octanol–water partition coefficient (Wildman–Crippen LogP) is 11.7. The number of nitrogens with zero attached hydrogens (tertiary/aromatic N) is 2. The van der Waals surface area contributed by atoms with Gasteiger partial charge in [0.05, 0.1) is 0 Å². The molecule has 0 saturated carbocycles. The standard InChI is InChI=1S/C33H37N2O.2C9H11.Bi/c1-22(2)23-12-14-35-31(19-23)25-16-27(33(6,7)8)21-29(18-25)36-28-17-24(30-11-9-10-13-34-30)15-26(20-28)32(3,4)5;2*1-7-4-8(2)6-9(3)5-7;/h10-22H,1-8H3;2*4-5H,1-3H3;. The van der Waals surface area contributed by atoms with E-state index in [1.165, 1.54) is 53.3 Å². The summed E-state index contributed by atoms with van der Waals surface area (Å²) in [6, 6.07) is 31.8. The van der Waals surface area contributed by atoms with Crippen LogP contribution in [0.1, 0.15) is 111 Å². The van der Waals surface area contributed by atoms with Crippen LogP contribution in [0.3, 0.4) is 0 Å². The van der Waals surface area contributed by atoms with Gasteiger partial charge in [-0.05, 0) is 17.5 Å². The van der Waals surface area contributed by atoms with Crippen molar-refractivity contribution in [2.45, 2.75) is 114 Å². The molecule has 0 aliphatic rings. The number of aryl methyl sites for hydroxylation is 6. The van der Waals surface area contributed by atoms with Crippen molar-refractivity contribution in [3.05, 3.63) is 147 Å². The minimum absolute atomic E-state index is 0.0723. The van der Waals surface area contributed by atoms with Crippen molar-refractivity contribution in [3.63, 3.8) is 0 Å². The molecular weight excluding hydrogens is 866 g/mol. The van der Waals surface area contributed by atoms with Gasteiger partial charge in [-0.25, -0.2) is 0 Å². The van der Waals surface area contributed by atoms with Crippen LogP contribution in [0, 0.1) is 41.5 Å². The Hall–Kier alpha value is -4.14. The third kappa shape index (κ3) is 9.13.